The van der Waals surface area contributed by atoms with Gasteiger partial charge in [-0.3, -0.25) is 19.3 Å². The first kappa shape index (κ1) is 26.3. The maximum atomic E-state index is 12.3. The molecule has 188 valence electrons. The molecule has 0 atom stereocenters. The van der Waals surface area contributed by atoms with Crippen LogP contribution in [-0.4, -0.2) is 59.1 Å². The summed E-state index contributed by atoms with van der Waals surface area (Å²) in [5.74, 6) is 0.950. The normalized spacial score (nSPS) is 16.6. The van der Waals surface area contributed by atoms with Crippen LogP contribution in [0.1, 0.15) is 41.0 Å². The molecule has 8 nitrogen and oxygen atoms in total. The van der Waals surface area contributed by atoms with E-state index in [9.17, 15) is 14.4 Å². The minimum atomic E-state index is -0.285. The molecule has 0 spiro atoms. The minimum absolute atomic E-state index is 0.0184. The van der Waals surface area contributed by atoms with Crippen molar-refractivity contribution in [2.75, 3.05) is 26.4 Å². The highest BCUT2D eigenvalue weighted by Gasteiger charge is 2.35. The lowest BCUT2D eigenvalue weighted by Crippen LogP contribution is -2.38. The fraction of sp³-hybridized carbons (Fsp3) is 0.250. The zero-order chi connectivity index (χ0) is 26.1. The third-order valence-corrected chi connectivity index (χ3v) is 5.53. The fourth-order valence-corrected chi connectivity index (χ4v) is 3.83. The highest BCUT2D eigenvalue weighted by atomic mass is 16.7. The van der Waals surface area contributed by atoms with Gasteiger partial charge in [0.05, 0.1) is 11.1 Å². The number of aromatic hydroxyl groups is 1. The number of allylic oxidation sites excluding steroid dienone is 4. The van der Waals surface area contributed by atoms with E-state index in [-0.39, 0.29) is 36.8 Å². The number of phenolic OH excluding ortho intramolecular Hbond substituents is 1. The lowest BCUT2D eigenvalue weighted by Gasteiger charge is -2.19. The SMILES string of the molecule is C=C/C=C\C=C1\CC(=O)N(CCN2C(=O)c3ccccc3C2=O)C1.CC.Oc1ccc2c(c1)OCO2. The molecule has 2 aromatic carbocycles. The molecule has 3 heterocycles. The molecule has 1 fully saturated rings. The number of carbonyl (C=O) groups excluding carboxylic acids is 3. The van der Waals surface area contributed by atoms with E-state index in [0.717, 1.165) is 5.57 Å². The Morgan fingerprint density at radius 3 is 2.28 bits per heavy atom. The van der Waals surface area contributed by atoms with Crippen LogP contribution in [0.3, 0.4) is 0 Å². The molecular weight excluding hydrogens is 460 g/mol. The van der Waals surface area contributed by atoms with E-state index in [1.807, 2.05) is 26.0 Å². The van der Waals surface area contributed by atoms with Crippen LogP contribution >= 0.6 is 0 Å². The summed E-state index contributed by atoms with van der Waals surface area (Å²) in [5.41, 5.74) is 1.89. The van der Waals surface area contributed by atoms with Crippen molar-refractivity contribution in [3.05, 3.63) is 90.0 Å². The molecule has 8 heteroatoms. The van der Waals surface area contributed by atoms with Crippen molar-refractivity contribution < 1.29 is 29.0 Å². The Hall–Kier alpha value is -4.33. The van der Waals surface area contributed by atoms with Crippen LogP contribution in [0.4, 0.5) is 0 Å². The maximum absolute atomic E-state index is 12.3. The minimum Gasteiger partial charge on any atom is -0.508 e. The van der Waals surface area contributed by atoms with Gasteiger partial charge in [0.1, 0.15) is 5.75 Å². The number of hydrogen-bond donors (Lipinski definition) is 1. The fourth-order valence-electron chi connectivity index (χ4n) is 3.83. The Morgan fingerprint density at radius 1 is 0.944 bits per heavy atom. The van der Waals surface area contributed by atoms with Gasteiger partial charge in [-0.1, -0.05) is 56.9 Å². The van der Waals surface area contributed by atoms with Crippen molar-refractivity contribution in [3.63, 3.8) is 0 Å². The van der Waals surface area contributed by atoms with Crippen LogP contribution < -0.4 is 9.47 Å². The molecule has 36 heavy (non-hydrogen) atoms. The summed E-state index contributed by atoms with van der Waals surface area (Å²) < 4.78 is 10.0. The second-order valence-corrected chi connectivity index (χ2v) is 7.78. The highest BCUT2D eigenvalue weighted by Crippen LogP contribution is 2.34. The Morgan fingerprint density at radius 2 is 1.61 bits per heavy atom. The van der Waals surface area contributed by atoms with Crippen LogP contribution in [0.2, 0.25) is 0 Å². The van der Waals surface area contributed by atoms with E-state index < -0.39 is 0 Å². The summed E-state index contributed by atoms with van der Waals surface area (Å²) in [7, 11) is 0. The number of likely N-dealkylation sites (tertiary alicyclic amines) is 1. The van der Waals surface area contributed by atoms with Crippen LogP contribution in [0.25, 0.3) is 0 Å². The molecule has 3 aliphatic heterocycles. The maximum Gasteiger partial charge on any atom is 0.261 e. The number of hydrogen-bond acceptors (Lipinski definition) is 6. The average Bonchev–Trinajstić information content (AvgIpc) is 3.57. The topological polar surface area (TPSA) is 96.4 Å². The van der Waals surface area contributed by atoms with Crippen LogP contribution in [0, 0.1) is 0 Å². The molecule has 0 aromatic heterocycles. The van der Waals surface area contributed by atoms with Gasteiger partial charge in [-0.25, -0.2) is 0 Å². The van der Waals surface area contributed by atoms with Crippen LogP contribution in [0.5, 0.6) is 17.2 Å². The molecule has 1 N–H and O–H groups in total. The molecule has 3 amide bonds. The number of fused-ring (bicyclic) bond motifs is 2. The number of imide groups is 1. The van der Waals surface area contributed by atoms with Gasteiger partial charge in [0.25, 0.3) is 11.8 Å². The standard InChI is InChI=1S/C19H18N2O3.C7H6O3.C2H6/c1-2-3-4-7-14-12-17(22)20(13-14)10-11-21-18(23)15-8-5-6-9-16(15)19(21)24;8-5-1-2-6-7(3-5)10-4-9-6;1-2/h2-9H,1,10-13H2;1-3,8H,4H2;1-2H3/b4-3-,14-7-;;. The van der Waals surface area contributed by atoms with Gasteiger partial charge < -0.3 is 19.5 Å². The quantitative estimate of drug-likeness (QED) is 0.495. The van der Waals surface area contributed by atoms with Gasteiger partial charge in [0, 0.05) is 32.1 Å². The van der Waals surface area contributed by atoms with E-state index >= 15 is 0 Å². The largest absolute Gasteiger partial charge is 0.508 e. The number of phenols is 1. The van der Waals surface area contributed by atoms with E-state index in [1.165, 1.54) is 11.0 Å². The van der Waals surface area contributed by atoms with Crippen molar-refractivity contribution in [3.8, 4) is 17.2 Å². The Bertz CT molecular complexity index is 1170. The smallest absolute Gasteiger partial charge is 0.261 e. The van der Waals surface area contributed by atoms with Gasteiger partial charge in [0.15, 0.2) is 11.5 Å². The predicted octanol–water partition coefficient (Wildman–Crippen LogP) is 4.33. The number of amides is 3. The lowest BCUT2D eigenvalue weighted by molar-refractivity contribution is -0.127. The summed E-state index contributed by atoms with van der Waals surface area (Å²) in [4.78, 5) is 39.6. The number of ether oxygens (including phenoxy) is 2. The number of nitrogens with zero attached hydrogens (tertiary/aromatic N) is 2. The molecular formula is C28H30N2O6. The van der Waals surface area contributed by atoms with Crippen molar-refractivity contribution in [2.45, 2.75) is 20.3 Å². The molecule has 2 aromatic rings. The molecule has 0 saturated carbocycles. The number of rotatable bonds is 5. The Labute approximate surface area is 210 Å². The van der Waals surface area contributed by atoms with Crippen LogP contribution in [-0.2, 0) is 4.79 Å². The first-order chi connectivity index (χ1) is 17.5. The molecule has 3 aliphatic rings. The van der Waals surface area contributed by atoms with Crippen molar-refractivity contribution in [1.29, 1.82) is 0 Å². The van der Waals surface area contributed by atoms with Gasteiger partial charge >= 0.3 is 0 Å². The Kier molecular flexibility index (Phi) is 9.05. The van der Waals surface area contributed by atoms with E-state index in [0.29, 0.717) is 42.1 Å². The molecule has 0 bridgehead atoms. The lowest BCUT2D eigenvalue weighted by atomic mass is 10.1. The molecule has 5 rings (SSSR count). The van der Waals surface area contributed by atoms with Crippen molar-refractivity contribution in [1.82, 2.24) is 9.80 Å². The Balaban J connectivity index is 0.000000249. The molecule has 0 aliphatic carbocycles. The predicted molar refractivity (Wildman–Crippen MR) is 136 cm³/mol. The monoisotopic (exact) mass is 490 g/mol. The van der Waals surface area contributed by atoms with Gasteiger partial charge in [-0.05, 0) is 29.8 Å². The first-order valence-corrected chi connectivity index (χ1v) is 11.8. The van der Waals surface area contributed by atoms with Gasteiger partial charge in [-0.15, -0.1) is 0 Å². The summed E-state index contributed by atoms with van der Waals surface area (Å²) in [6, 6.07) is 11.6. The zero-order valence-corrected chi connectivity index (χ0v) is 20.5. The van der Waals surface area contributed by atoms with Crippen molar-refractivity contribution >= 4 is 17.7 Å². The molecule has 0 radical (unpaired) electrons. The molecule has 1 saturated heterocycles. The first-order valence-electron chi connectivity index (χ1n) is 11.8. The van der Waals surface area contributed by atoms with Crippen LogP contribution in [0.15, 0.2) is 78.9 Å². The van der Waals surface area contributed by atoms with Gasteiger partial charge in [0.2, 0.25) is 12.7 Å². The average molecular weight is 491 g/mol. The summed E-state index contributed by atoms with van der Waals surface area (Å²) in [6.07, 6.45) is 7.61. The summed E-state index contributed by atoms with van der Waals surface area (Å²) in [5, 5.41) is 8.96. The summed E-state index contributed by atoms with van der Waals surface area (Å²) in [6.45, 7) is 8.95. The number of carbonyl (C=O) groups is 3. The zero-order valence-electron chi connectivity index (χ0n) is 20.5. The highest BCUT2D eigenvalue weighted by molar-refractivity contribution is 6.21. The van der Waals surface area contributed by atoms with E-state index in [2.05, 4.69) is 6.58 Å². The summed E-state index contributed by atoms with van der Waals surface area (Å²) >= 11 is 0. The van der Waals surface area contributed by atoms with E-state index in [1.54, 1.807) is 53.5 Å². The number of benzene rings is 2. The third-order valence-electron chi connectivity index (χ3n) is 5.53. The second-order valence-electron chi connectivity index (χ2n) is 7.78. The van der Waals surface area contributed by atoms with E-state index in [4.69, 9.17) is 14.6 Å². The van der Waals surface area contributed by atoms with Crippen molar-refractivity contribution in [2.24, 2.45) is 0 Å². The van der Waals surface area contributed by atoms with Gasteiger partial charge in [-0.2, -0.15) is 0 Å². The molecule has 0 unspecified atom stereocenters. The second kappa shape index (κ2) is 12.4. The third kappa shape index (κ3) is 6.02.